The van der Waals surface area contributed by atoms with E-state index < -0.39 is 17.7 Å². The van der Waals surface area contributed by atoms with E-state index in [2.05, 4.69) is 5.32 Å². The van der Waals surface area contributed by atoms with Crippen molar-refractivity contribution in [3.63, 3.8) is 0 Å². The number of rotatable bonds is 7. The number of aliphatic hydroxyl groups excluding tert-OH is 1. The highest BCUT2D eigenvalue weighted by molar-refractivity contribution is 5.78. The normalized spacial score (nSPS) is 11.8. The van der Waals surface area contributed by atoms with Crippen LogP contribution in [0.5, 0.6) is 5.75 Å². The summed E-state index contributed by atoms with van der Waals surface area (Å²) in [5.41, 5.74) is 1.96. The molecule has 2 N–H and O–H groups in total. The summed E-state index contributed by atoms with van der Waals surface area (Å²) in [7, 11) is 0. The first kappa shape index (κ1) is 17.9. The van der Waals surface area contributed by atoms with Crippen LogP contribution in [0.15, 0.2) is 42.5 Å². The number of aliphatic hydroxyl groups is 1. The minimum Gasteiger partial charge on any atom is -0.491 e. The van der Waals surface area contributed by atoms with Gasteiger partial charge in [-0.25, -0.2) is 8.78 Å². The Bertz CT molecular complexity index is 706. The highest BCUT2D eigenvalue weighted by atomic mass is 19.2. The molecule has 1 atom stereocenters. The number of nitrogens with one attached hydrogen (secondary N) is 1. The maximum Gasteiger partial charge on any atom is 0.224 e. The molecule has 0 saturated heterocycles. The molecular weight excluding hydrogens is 316 g/mol. The molecule has 2 aromatic rings. The number of carbonyl (C=O) groups is 1. The summed E-state index contributed by atoms with van der Waals surface area (Å²) in [5.74, 6) is -2.09. The fraction of sp³-hybridized carbons (Fsp3) is 0.278. The maximum atomic E-state index is 13.0. The monoisotopic (exact) mass is 335 g/mol. The smallest absolute Gasteiger partial charge is 0.224 e. The van der Waals surface area contributed by atoms with Crippen molar-refractivity contribution in [2.75, 3.05) is 13.2 Å². The second-order valence-corrected chi connectivity index (χ2v) is 5.51. The predicted octanol–water partition coefficient (Wildman–Crippen LogP) is 2.37. The van der Waals surface area contributed by atoms with E-state index in [4.69, 9.17) is 4.74 Å². The average Bonchev–Trinajstić information content (AvgIpc) is 2.54. The van der Waals surface area contributed by atoms with Gasteiger partial charge in [0.1, 0.15) is 18.5 Å². The SMILES string of the molecule is Cc1cccc(CC(=O)NCC(O)COc2ccc(F)c(F)c2)c1. The van der Waals surface area contributed by atoms with E-state index in [9.17, 15) is 18.7 Å². The Kier molecular flexibility index (Phi) is 6.26. The van der Waals surface area contributed by atoms with E-state index in [1.807, 2.05) is 31.2 Å². The van der Waals surface area contributed by atoms with Crippen LogP contribution in [0.25, 0.3) is 0 Å². The Morgan fingerprint density at radius 2 is 2.00 bits per heavy atom. The molecule has 6 heteroatoms. The first-order valence-corrected chi connectivity index (χ1v) is 7.52. The number of amides is 1. The van der Waals surface area contributed by atoms with E-state index in [0.29, 0.717) is 0 Å². The van der Waals surface area contributed by atoms with Gasteiger partial charge in [-0.1, -0.05) is 29.8 Å². The summed E-state index contributed by atoms with van der Waals surface area (Å²) in [6, 6.07) is 10.7. The van der Waals surface area contributed by atoms with Crippen LogP contribution in [0.2, 0.25) is 0 Å². The first-order valence-electron chi connectivity index (χ1n) is 7.52. The topological polar surface area (TPSA) is 58.6 Å². The van der Waals surface area contributed by atoms with Crippen molar-refractivity contribution < 1.29 is 23.4 Å². The predicted molar refractivity (Wildman–Crippen MR) is 85.8 cm³/mol. The molecule has 0 aliphatic heterocycles. The molecule has 0 heterocycles. The number of ether oxygens (including phenoxy) is 1. The van der Waals surface area contributed by atoms with Crippen molar-refractivity contribution in [3.05, 3.63) is 65.2 Å². The third kappa shape index (κ3) is 5.62. The second kappa shape index (κ2) is 8.40. The zero-order valence-corrected chi connectivity index (χ0v) is 13.3. The van der Waals surface area contributed by atoms with Gasteiger partial charge in [0.05, 0.1) is 6.42 Å². The van der Waals surface area contributed by atoms with Crippen LogP contribution < -0.4 is 10.1 Å². The Morgan fingerprint density at radius 3 is 2.71 bits per heavy atom. The van der Waals surface area contributed by atoms with Crippen molar-refractivity contribution >= 4 is 5.91 Å². The number of hydrogen-bond acceptors (Lipinski definition) is 3. The number of halogens is 2. The van der Waals surface area contributed by atoms with Crippen molar-refractivity contribution in [3.8, 4) is 5.75 Å². The fourth-order valence-electron chi connectivity index (χ4n) is 2.12. The number of aryl methyl sites for hydroxylation is 1. The Morgan fingerprint density at radius 1 is 1.21 bits per heavy atom. The Hall–Kier alpha value is -2.47. The highest BCUT2D eigenvalue weighted by Gasteiger charge is 2.10. The molecule has 0 bridgehead atoms. The Labute approximate surface area is 139 Å². The molecule has 128 valence electrons. The van der Waals surface area contributed by atoms with Crippen LogP contribution in [0.3, 0.4) is 0 Å². The van der Waals surface area contributed by atoms with Gasteiger partial charge in [0.2, 0.25) is 5.91 Å². The second-order valence-electron chi connectivity index (χ2n) is 5.51. The van der Waals surface area contributed by atoms with Crippen molar-refractivity contribution in [1.29, 1.82) is 0 Å². The van der Waals surface area contributed by atoms with E-state index in [-0.39, 0.29) is 31.2 Å². The molecule has 4 nitrogen and oxygen atoms in total. The number of carbonyl (C=O) groups excluding carboxylic acids is 1. The third-order valence-corrected chi connectivity index (χ3v) is 3.32. The van der Waals surface area contributed by atoms with Gasteiger partial charge in [-0.3, -0.25) is 4.79 Å². The van der Waals surface area contributed by atoms with Crippen molar-refractivity contribution in [2.24, 2.45) is 0 Å². The highest BCUT2D eigenvalue weighted by Crippen LogP contribution is 2.15. The lowest BCUT2D eigenvalue weighted by Gasteiger charge is -2.13. The van der Waals surface area contributed by atoms with E-state index in [0.717, 1.165) is 23.3 Å². The van der Waals surface area contributed by atoms with Gasteiger partial charge in [-0.2, -0.15) is 0 Å². The summed E-state index contributed by atoms with van der Waals surface area (Å²) in [6.07, 6.45) is -0.738. The number of hydrogen-bond donors (Lipinski definition) is 2. The van der Waals surface area contributed by atoms with Gasteiger partial charge in [0.15, 0.2) is 11.6 Å². The molecule has 2 aromatic carbocycles. The average molecular weight is 335 g/mol. The summed E-state index contributed by atoms with van der Waals surface area (Å²) in [5, 5.41) is 12.4. The third-order valence-electron chi connectivity index (χ3n) is 3.32. The summed E-state index contributed by atoms with van der Waals surface area (Å²) < 4.78 is 31.0. The van der Waals surface area contributed by atoms with Gasteiger partial charge in [0, 0.05) is 12.6 Å². The van der Waals surface area contributed by atoms with Gasteiger partial charge in [-0.15, -0.1) is 0 Å². The van der Waals surface area contributed by atoms with E-state index in [1.165, 1.54) is 6.07 Å². The quantitative estimate of drug-likeness (QED) is 0.817. The summed E-state index contributed by atoms with van der Waals surface area (Å²) in [4.78, 5) is 11.8. The van der Waals surface area contributed by atoms with Crippen LogP contribution in [0, 0.1) is 18.6 Å². The van der Waals surface area contributed by atoms with E-state index in [1.54, 1.807) is 0 Å². The molecule has 0 aliphatic carbocycles. The molecule has 0 radical (unpaired) electrons. The molecule has 0 aliphatic rings. The minimum absolute atomic E-state index is 0.00826. The van der Waals surface area contributed by atoms with Gasteiger partial charge in [0.25, 0.3) is 0 Å². The molecule has 0 aromatic heterocycles. The standard InChI is InChI=1S/C18H19F2NO3/c1-12-3-2-4-13(7-12)8-18(23)21-10-14(22)11-24-15-5-6-16(19)17(20)9-15/h2-7,9,14,22H,8,10-11H2,1H3,(H,21,23). The lowest BCUT2D eigenvalue weighted by Crippen LogP contribution is -2.36. The zero-order valence-electron chi connectivity index (χ0n) is 13.3. The summed E-state index contributed by atoms with van der Waals surface area (Å²) in [6.45, 7) is 1.81. The summed E-state index contributed by atoms with van der Waals surface area (Å²) >= 11 is 0. The van der Waals surface area contributed by atoms with Crippen LogP contribution in [0.1, 0.15) is 11.1 Å². The molecular formula is C18H19F2NO3. The van der Waals surface area contributed by atoms with Crippen LogP contribution in [-0.2, 0) is 11.2 Å². The molecule has 24 heavy (non-hydrogen) atoms. The molecule has 0 saturated carbocycles. The van der Waals surface area contributed by atoms with Crippen molar-refractivity contribution in [2.45, 2.75) is 19.4 Å². The fourth-order valence-corrected chi connectivity index (χ4v) is 2.12. The molecule has 1 amide bonds. The molecule has 2 rings (SSSR count). The Balaban J connectivity index is 1.73. The maximum absolute atomic E-state index is 13.0. The van der Waals surface area contributed by atoms with Gasteiger partial charge < -0.3 is 15.2 Å². The molecule has 1 unspecified atom stereocenters. The first-order chi connectivity index (χ1) is 11.4. The molecule has 0 spiro atoms. The largest absolute Gasteiger partial charge is 0.491 e. The molecule has 0 fully saturated rings. The minimum atomic E-state index is -1.02. The zero-order chi connectivity index (χ0) is 17.5. The van der Waals surface area contributed by atoms with E-state index >= 15 is 0 Å². The van der Waals surface area contributed by atoms with Gasteiger partial charge >= 0.3 is 0 Å². The number of benzene rings is 2. The van der Waals surface area contributed by atoms with Crippen molar-refractivity contribution in [1.82, 2.24) is 5.32 Å². The van der Waals surface area contributed by atoms with Crippen LogP contribution >= 0.6 is 0 Å². The lowest BCUT2D eigenvalue weighted by molar-refractivity contribution is -0.121. The lowest BCUT2D eigenvalue weighted by atomic mass is 10.1. The van der Waals surface area contributed by atoms with Gasteiger partial charge in [-0.05, 0) is 24.6 Å². The van der Waals surface area contributed by atoms with Crippen LogP contribution in [-0.4, -0.2) is 30.3 Å². The van der Waals surface area contributed by atoms with Crippen LogP contribution in [0.4, 0.5) is 8.78 Å².